The molecule has 5 nitrogen and oxygen atoms in total. The first kappa shape index (κ1) is 19.7. The SMILES string of the molecule is COc1ccc(C2C3=C(CC(C)(C)CC3=O)NC3=C2C(=O)CC(C)(C)C3)cc1O. The first-order valence-electron chi connectivity index (χ1n) is 10.2. The summed E-state index contributed by atoms with van der Waals surface area (Å²) in [5.41, 5.74) is 3.72. The summed E-state index contributed by atoms with van der Waals surface area (Å²) in [6, 6.07) is 5.18. The van der Waals surface area contributed by atoms with Crippen LogP contribution in [0.15, 0.2) is 40.7 Å². The lowest BCUT2D eigenvalue weighted by molar-refractivity contribution is -0.119. The lowest BCUT2D eigenvalue weighted by atomic mass is 9.64. The Morgan fingerprint density at radius 2 is 1.45 bits per heavy atom. The average molecular weight is 395 g/mol. The van der Waals surface area contributed by atoms with Crippen molar-refractivity contribution < 1.29 is 19.4 Å². The highest BCUT2D eigenvalue weighted by molar-refractivity contribution is 6.06. The van der Waals surface area contributed by atoms with Gasteiger partial charge in [-0.2, -0.15) is 0 Å². The van der Waals surface area contributed by atoms with Gasteiger partial charge in [0.2, 0.25) is 0 Å². The number of aromatic hydroxyl groups is 1. The lowest BCUT2D eigenvalue weighted by Crippen LogP contribution is -2.42. The minimum Gasteiger partial charge on any atom is -0.504 e. The van der Waals surface area contributed by atoms with Crippen molar-refractivity contribution >= 4 is 11.6 Å². The molecule has 1 aromatic carbocycles. The van der Waals surface area contributed by atoms with Crippen LogP contribution in [-0.2, 0) is 9.59 Å². The fourth-order valence-electron chi connectivity index (χ4n) is 5.11. The molecule has 0 atom stereocenters. The first-order valence-corrected chi connectivity index (χ1v) is 10.2. The fourth-order valence-corrected chi connectivity index (χ4v) is 5.11. The van der Waals surface area contributed by atoms with Crippen LogP contribution in [0.2, 0.25) is 0 Å². The summed E-state index contributed by atoms with van der Waals surface area (Å²) < 4.78 is 5.18. The van der Waals surface area contributed by atoms with Crippen molar-refractivity contribution in [2.45, 2.75) is 59.3 Å². The molecule has 1 aromatic rings. The Balaban J connectivity index is 1.91. The predicted molar refractivity (Wildman–Crippen MR) is 111 cm³/mol. The molecule has 154 valence electrons. The molecule has 0 bridgehead atoms. The molecule has 2 N–H and O–H groups in total. The Bertz CT molecular complexity index is 929. The van der Waals surface area contributed by atoms with E-state index in [4.69, 9.17) is 4.74 Å². The van der Waals surface area contributed by atoms with E-state index in [1.165, 1.54) is 7.11 Å². The van der Waals surface area contributed by atoms with Crippen molar-refractivity contribution in [3.8, 4) is 11.5 Å². The van der Waals surface area contributed by atoms with E-state index in [1.54, 1.807) is 12.1 Å². The molecule has 0 radical (unpaired) electrons. The number of ketones is 2. The van der Waals surface area contributed by atoms with Gasteiger partial charge in [0.05, 0.1) is 7.11 Å². The van der Waals surface area contributed by atoms with E-state index in [1.807, 2.05) is 6.07 Å². The van der Waals surface area contributed by atoms with Gasteiger partial charge in [0.15, 0.2) is 23.1 Å². The third-order valence-electron chi connectivity index (χ3n) is 6.26. The van der Waals surface area contributed by atoms with E-state index < -0.39 is 5.92 Å². The largest absolute Gasteiger partial charge is 0.504 e. The third-order valence-corrected chi connectivity index (χ3v) is 6.26. The van der Waals surface area contributed by atoms with Crippen LogP contribution in [0.3, 0.4) is 0 Å². The molecule has 0 unspecified atom stereocenters. The zero-order valence-electron chi connectivity index (χ0n) is 17.8. The van der Waals surface area contributed by atoms with Crippen molar-refractivity contribution in [1.82, 2.24) is 5.32 Å². The summed E-state index contributed by atoms with van der Waals surface area (Å²) in [5, 5.41) is 13.9. The highest BCUT2D eigenvalue weighted by Crippen LogP contribution is 2.51. The molecular formula is C24H29NO4. The van der Waals surface area contributed by atoms with Gasteiger partial charge in [-0.1, -0.05) is 33.8 Å². The Labute approximate surface area is 171 Å². The van der Waals surface area contributed by atoms with Crippen LogP contribution in [0.5, 0.6) is 11.5 Å². The molecular weight excluding hydrogens is 366 g/mol. The summed E-state index contributed by atoms with van der Waals surface area (Å²) in [4.78, 5) is 26.5. The zero-order chi connectivity index (χ0) is 21.1. The Hall–Kier alpha value is -2.56. The van der Waals surface area contributed by atoms with Crippen LogP contribution in [-0.4, -0.2) is 23.8 Å². The standard InChI is InChI=1S/C24H29NO4/c1-23(2)9-14-21(17(27)11-23)20(13-6-7-19(29-5)16(26)8-13)22-15(25-14)10-24(3,4)12-18(22)28/h6-8,20,25-26H,9-12H2,1-5H3. The number of carbonyl (C=O) groups is 2. The number of methoxy groups -OCH3 is 1. The summed E-state index contributed by atoms with van der Waals surface area (Å²) in [6.07, 6.45) is 2.43. The lowest BCUT2D eigenvalue weighted by Gasteiger charge is -2.44. The van der Waals surface area contributed by atoms with Gasteiger partial charge in [-0.15, -0.1) is 0 Å². The topological polar surface area (TPSA) is 75.6 Å². The number of ether oxygens (including phenoxy) is 1. The first-order chi connectivity index (χ1) is 13.5. The summed E-state index contributed by atoms with van der Waals surface area (Å²) in [7, 11) is 1.50. The smallest absolute Gasteiger partial charge is 0.162 e. The van der Waals surface area contributed by atoms with E-state index in [2.05, 4.69) is 33.0 Å². The van der Waals surface area contributed by atoms with E-state index in [9.17, 15) is 14.7 Å². The second kappa shape index (κ2) is 6.48. The normalized spacial score (nSPS) is 23.5. The number of carbonyl (C=O) groups excluding carboxylic acids is 2. The van der Waals surface area contributed by atoms with Crippen molar-refractivity contribution in [2.75, 3.05) is 7.11 Å². The van der Waals surface area contributed by atoms with Gasteiger partial charge in [0.1, 0.15) is 0 Å². The maximum absolute atomic E-state index is 13.2. The fraction of sp³-hybridized carbons (Fsp3) is 0.500. The minimum atomic E-state index is -0.440. The Kier molecular flexibility index (Phi) is 4.41. The number of phenolic OH excluding ortho intramolecular Hbond substituents is 1. The van der Waals surface area contributed by atoms with Crippen molar-refractivity contribution in [1.29, 1.82) is 0 Å². The van der Waals surface area contributed by atoms with Gasteiger partial charge in [0, 0.05) is 41.3 Å². The molecule has 0 fully saturated rings. The van der Waals surface area contributed by atoms with Crippen LogP contribution < -0.4 is 10.1 Å². The second-order valence-electron chi connectivity index (χ2n) is 10.2. The maximum atomic E-state index is 13.2. The molecule has 4 rings (SSSR count). The molecule has 1 aliphatic heterocycles. The number of hydrogen-bond donors (Lipinski definition) is 2. The second-order valence-corrected chi connectivity index (χ2v) is 10.2. The molecule has 0 saturated carbocycles. The highest BCUT2D eigenvalue weighted by Gasteiger charge is 2.46. The van der Waals surface area contributed by atoms with Gasteiger partial charge >= 0.3 is 0 Å². The van der Waals surface area contributed by atoms with Gasteiger partial charge in [-0.05, 0) is 41.4 Å². The number of Topliss-reactive ketones (excluding diaryl/α,β-unsaturated/α-hetero) is 2. The van der Waals surface area contributed by atoms with Crippen molar-refractivity contribution in [2.24, 2.45) is 10.8 Å². The molecule has 1 heterocycles. The van der Waals surface area contributed by atoms with Crippen LogP contribution in [0.4, 0.5) is 0 Å². The molecule has 2 aliphatic carbocycles. The molecule has 0 amide bonds. The number of phenols is 1. The molecule has 29 heavy (non-hydrogen) atoms. The average Bonchev–Trinajstić information content (AvgIpc) is 2.57. The molecule has 0 saturated heterocycles. The van der Waals surface area contributed by atoms with Crippen molar-refractivity contribution in [3.05, 3.63) is 46.3 Å². The van der Waals surface area contributed by atoms with Crippen LogP contribution in [0, 0.1) is 10.8 Å². The monoisotopic (exact) mass is 395 g/mol. The predicted octanol–water partition coefficient (Wildman–Crippen LogP) is 4.37. The maximum Gasteiger partial charge on any atom is 0.162 e. The van der Waals surface area contributed by atoms with E-state index in [-0.39, 0.29) is 28.1 Å². The highest BCUT2D eigenvalue weighted by atomic mass is 16.5. The van der Waals surface area contributed by atoms with Crippen LogP contribution >= 0.6 is 0 Å². The van der Waals surface area contributed by atoms with E-state index in [0.717, 1.165) is 29.8 Å². The Morgan fingerprint density at radius 1 is 0.931 bits per heavy atom. The van der Waals surface area contributed by atoms with Gasteiger partial charge in [-0.3, -0.25) is 9.59 Å². The molecule has 0 spiro atoms. The number of dihydropyridines is 1. The molecule has 3 aliphatic rings. The third kappa shape index (κ3) is 3.37. The zero-order valence-corrected chi connectivity index (χ0v) is 17.8. The number of nitrogens with one attached hydrogen (secondary N) is 1. The van der Waals surface area contributed by atoms with E-state index >= 15 is 0 Å². The molecule has 5 heteroatoms. The number of benzene rings is 1. The summed E-state index contributed by atoms with van der Waals surface area (Å²) in [6.45, 7) is 8.41. The van der Waals surface area contributed by atoms with Crippen molar-refractivity contribution in [3.63, 3.8) is 0 Å². The quantitative estimate of drug-likeness (QED) is 0.777. The Morgan fingerprint density at radius 3 is 1.90 bits per heavy atom. The number of rotatable bonds is 2. The van der Waals surface area contributed by atoms with Crippen LogP contribution in [0.25, 0.3) is 0 Å². The van der Waals surface area contributed by atoms with Gasteiger partial charge < -0.3 is 15.2 Å². The van der Waals surface area contributed by atoms with E-state index in [0.29, 0.717) is 29.7 Å². The van der Waals surface area contributed by atoms with Crippen LogP contribution in [0.1, 0.15) is 64.9 Å². The molecule has 0 aromatic heterocycles. The minimum absolute atomic E-state index is 0.0139. The number of hydrogen-bond acceptors (Lipinski definition) is 5. The van der Waals surface area contributed by atoms with Gasteiger partial charge in [-0.25, -0.2) is 0 Å². The van der Waals surface area contributed by atoms with Gasteiger partial charge in [0.25, 0.3) is 0 Å². The number of allylic oxidation sites excluding steroid dienone is 4. The summed E-state index contributed by atoms with van der Waals surface area (Å²) >= 11 is 0. The summed E-state index contributed by atoms with van der Waals surface area (Å²) in [5.74, 6) is 0.102.